The van der Waals surface area contributed by atoms with E-state index in [1.807, 2.05) is 6.92 Å². The average Bonchev–Trinajstić information content (AvgIpc) is 2.46. The first-order valence-electron chi connectivity index (χ1n) is 6.43. The second-order valence-corrected chi connectivity index (χ2v) is 8.06. The maximum Gasteiger partial charge on any atom is 0.188 e. The van der Waals surface area contributed by atoms with Gasteiger partial charge >= 0.3 is 0 Å². The molecule has 0 fully saturated rings. The zero-order chi connectivity index (χ0) is 15.6. The number of carbonyl (C=O) groups is 1. The summed E-state index contributed by atoms with van der Waals surface area (Å²) in [5, 5.41) is -1.12. The molecule has 110 valence electrons. The molecule has 2 aromatic rings. The lowest BCUT2D eigenvalue weighted by Gasteiger charge is -2.12. The Morgan fingerprint density at radius 1 is 1.10 bits per heavy atom. The molecule has 0 aliphatic rings. The van der Waals surface area contributed by atoms with Gasteiger partial charge in [-0.05, 0) is 32.0 Å². The molecule has 0 spiro atoms. The van der Waals surface area contributed by atoms with Crippen molar-refractivity contribution in [3.63, 3.8) is 0 Å². The number of halogens is 1. The Balaban J connectivity index is 2.36. The molecule has 21 heavy (non-hydrogen) atoms. The predicted octanol–water partition coefficient (Wildman–Crippen LogP) is 3.80. The van der Waals surface area contributed by atoms with Gasteiger partial charge in [0.2, 0.25) is 0 Å². The molecule has 2 aromatic carbocycles. The van der Waals surface area contributed by atoms with Gasteiger partial charge in [0.25, 0.3) is 0 Å². The summed E-state index contributed by atoms with van der Waals surface area (Å²) in [6, 6.07) is 13.3. The Morgan fingerprint density at radius 3 is 2.29 bits per heavy atom. The molecule has 2 rings (SSSR count). The molecule has 0 saturated carbocycles. The lowest BCUT2D eigenvalue weighted by molar-refractivity contribution is 0.0991. The van der Waals surface area contributed by atoms with Crippen LogP contribution < -0.4 is 0 Å². The van der Waals surface area contributed by atoms with Gasteiger partial charge in [0.05, 0.1) is 4.90 Å². The lowest BCUT2D eigenvalue weighted by Crippen LogP contribution is -2.27. The van der Waals surface area contributed by atoms with E-state index in [1.165, 1.54) is 19.1 Å². The number of Topliss-reactive ketones (excluding diaryl/α,β-unsaturated/α-hetero) is 1. The smallest absolute Gasteiger partial charge is 0.188 e. The molecule has 0 amide bonds. The van der Waals surface area contributed by atoms with Crippen LogP contribution >= 0.6 is 15.9 Å². The SMILES string of the molecule is Cc1ccc(C(=O)C(C)S(=O)(=O)c2cccc(Br)c2)cc1. The quantitative estimate of drug-likeness (QED) is 0.773. The number of rotatable bonds is 4. The molecule has 1 unspecified atom stereocenters. The number of ketones is 1. The number of sulfone groups is 1. The first kappa shape index (κ1) is 15.9. The predicted molar refractivity (Wildman–Crippen MR) is 86.3 cm³/mol. The van der Waals surface area contributed by atoms with E-state index >= 15 is 0 Å². The van der Waals surface area contributed by atoms with Gasteiger partial charge in [-0.15, -0.1) is 0 Å². The fourth-order valence-electron chi connectivity index (χ4n) is 1.94. The minimum Gasteiger partial charge on any atom is -0.293 e. The monoisotopic (exact) mass is 366 g/mol. The standard InChI is InChI=1S/C16H15BrO3S/c1-11-6-8-13(9-7-11)16(18)12(2)21(19,20)15-5-3-4-14(17)10-15/h3-10,12H,1-2H3. The zero-order valence-electron chi connectivity index (χ0n) is 11.7. The van der Waals surface area contributed by atoms with Crippen molar-refractivity contribution in [2.75, 3.05) is 0 Å². The number of benzene rings is 2. The van der Waals surface area contributed by atoms with Gasteiger partial charge in [-0.3, -0.25) is 4.79 Å². The van der Waals surface area contributed by atoms with Gasteiger partial charge in [0.15, 0.2) is 15.6 Å². The minimum absolute atomic E-state index is 0.143. The van der Waals surface area contributed by atoms with Crippen LogP contribution in [0.2, 0.25) is 0 Å². The Hall–Kier alpha value is -1.46. The highest BCUT2D eigenvalue weighted by Gasteiger charge is 2.30. The van der Waals surface area contributed by atoms with Crippen molar-refractivity contribution in [3.05, 3.63) is 64.1 Å². The topological polar surface area (TPSA) is 51.2 Å². The number of aryl methyl sites for hydroxylation is 1. The Kier molecular flexibility index (Phi) is 4.64. The van der Waals surface area contributed by atoms with Gasteiger partial charge in [0, 0.05) is 10.0 Å². The van der Waals surface area contributed by atoms with Crippen molar-refractivity contribution in [3.8, 4) is 0 Å². The summed E-state index contributed by atoms with van der Waals surface area (Å²) in [5.41, 5.74) is 1.43. The fourth-order valence-corrected chi connectivity index (χ4v) is 3.88. The third-order valence-corrected chi connectivity index (χ3v) is 5.84. The summed E-state index contributed by atoms with van der Waals surface area (Å²) in [7, 11) is -3.70. The van der Waals surface area contributed by atoms with Crippen LogP contribution in [0.4, 0.5) is 0 Å². The average molecular weight is 367 g/mol. The molecule has 0 aliphatic heterocycles. The molecular formula is C16H15BrO3S. The summed E-state index contributed by atoms with van der Waals surface area (Å²) in [4.78, 5) is 12.5. The highest BCUT2D eigenvalue weighted by molar-refractivity contribution is 9.10. The van der Waals surface area contributed by atoms with E-state index in [9.17, 15) is 13.2 Å². The van der Waals surface area contributed by atoms with Crippen LogP contribution in [0.15, 0.2) is 57.9 Å². The van der Waals surface area contributed by atoms with Crippen molar-refractivity contribution < 1.29 is 13.2 Å². The first-order valence-corrected chi connectivity index (χ1v) is 8.76. The number of carbonyl (C=O) groups excluding carboxylic acids is 1. The summed E-state index contributed by atoms with van der Waals surface area (Å²) in [5.74, 6) is -0.394. The Bertz CT molecular complexity index is 764. The largest absolute Gasteiger partial charge is 0.293 e. The highest BCUT2D eigenvalue weighted by atomic mass is 79.9. The second kappa shape index (κ2) is 6.12. The maximum absolute atomic E-state index is 12.5. The van der Waals surface area contributed by atoms with Gasteiger partial charge in [0.1, 0.15) is 5.25 Å². The van der Waals surface area contributed by atoms with E-state index < -0.39 is 20.9 Å². The van der Waals surface area contributed by atoms with E-state index in [2.05, 4.69) is 15.9 Å². The molecule has 5 heteroatoms. The van der Waals surface area contributed by atoms with Crippen LogP contribution in [-0.2, 0) is 9.84 Å². The van der Waals surface area contributed by atoms with E-state index in [-0.39, 0.29) is 4.90 Å². The van der Waals surface area contributed by atoms with Crippen LogP contribution in [0.1, 0.15) is 22.8 Å². The zero-order valence-corrected chi connectivity index (χ0v) is 14.1. The molecule has 0 radical (unpaired) electrons. The fraction of sp³-hybridized carbons (Fsp3) is 0.188. The van der Waals surface area contributed by atoms with E-state index in [0.717, 1.165) is 5.56 Å². The number of hydrogen-bond acceptors (Lipinski definition) is 3. The van der Waals surface area contributed by atoms with E-state index in [1.54, 1.807) is 36.4 Å². The summed E-state index contributed by atoms with van der Waals surface area (Å²) < 4.78 is 25.7. The summed E-state index contributed by atoms with van der Waals surface area (Å²) >= 11 is 3.24. The molecule has 3 nitrogen and oxygen atoms in total. The third-order valence-electron chi connectivity index (χ3n) is 3.30. The first-order chi connectivity index (χ1) is 9.82. The van der Waals surface area contributed by atoms with Crippen LogP contribution in [0.3, 0.4) is 0 Å². The van der Waals surface area contributed by atoms with Gasteiger partial charge in [-0.1, -0.05) is 51.8 Å². The summed E-state index contributed by atoms with van der Waals surface area (Å²) in [6.45, 7) is 3.34. The summed E-state index contributed by atoms with van der Waals surface area (Å²) in [6.07, 6.45) is 0. The van der Waals surface area contributed by atoms with Crippen molar-refractivity contribution in [1.29, 1.82) is 0 Å². The van der Waals surface area contributed by atoms with Crippen LogP contribution in [0.5, 0.6) is 0 Å². The normalized spacial score (nSPS) is 12.9. The van der Waals surface area contributed by atoms with Gasteiger partial charge in [-0.2, -0.15) is 0 Å². The second-order valence-electron chi connectivity index (χ2n) is 4.87. The Morgan fingerprint density at radius 2 is 1.71 bits per heavy atom. The van der Waals surface area contributed by atoms with Gasteiger partial charge < -0.3 is 0 Å². The maximum atomic E-state index is 12.5. The Labute approximate surface area is 133 Å². The molecule has 0 aromatic heterocycles. The van der Waals surface area contributed by atoms with Gasteiger partial charge in [-0.25, -0.2) is 8.42 Å². The number of hydrogen-bond donors (Lipinski definition) is 0. The van der Waals surface area contributed by atoms with Crippen LogP contribution in [-0.4, -0.2) is 19.5 Å². The third kappa shape index (κ3) is 3.41. The molecule has 0 saturated heterocycles. The van der Waals surface area contributed by atoms with Crippen LogP contribution in [0, 0.1) is 6.92 Å². The molecule has 0 aliphatic carbocycles. The molecule has 0 bridgehead atoms. The van der Waals surface area contributed by atoms with E-state index in [0.29, 0.717) is 10.0 Å². The van der Waals surface area contributed by atoms with Crippen molar-refractivity contribution >= 4 is 31.6 Å². The molecule has 0 heterocycles. The lowest BCUT2D eigenvalue weighted by atomic mass is 10.1. The van der Waals surface area contributed by atoms with Crippen molar-refractivity contribution in [1.82, 2.24) is 0 Å². The van der Waals surface area contributed by atoms with Crippen molar-refractivity contribution in [2.24, 2.45) is 0 Å². The molecule has 0 N–H and O–H groups in total. The van der Waals surface area contributed by atoms with Crippen LogP contribution in [0.25, 0.3) is 0 Å². The van der Waals surface area contributed by atoms with Crippen molar-refractivity contribution in [2.45, 2.75) is 24.0 Å². The molecule has 1 atom stereocenters. The minimum atomic E-state index is -3.70. The van der Waals surface area contributed by atoms with E-state index in [4.69, 9.17) is 0 Å². The highest BCUT2D eigenvalue weighted by Crippen LogP contribution is 2.22. The molecular weight excluding hydrogens is 352 g/mol.